The number of hydrogen-bond donors (Lipinski definition) is 0. The lowest BCUT2D eigenvalue weighted by molar-refractivity contribution is 0.0983. The van der Waals surface area contributed by atoms with Crippen LogP contribution in [0.2, 0.25) is 0 Å². The summed E-state index contributed by atoms with van der Waals surface area (Å²) >= 11 is 0. The highest BCUT2D eigenvalue weighted by atomic mass is 16.1. The fourth-order valence-electron chi connectivity index (χ4n) is 2.62. The normalized spacial score (nSPS) is 11.3. The molecule has 96 valence electrons. The van der Waals surface area contributed by atoms with Crippen molar-refractivity contribution in [2.24, 2.45) is 0 Å². The molecule has 3 aromatic rings. The molecule has 1 aromatic carbocycles. The van der Waals surface area contributed by atoms with Gasteiger partial charge in [-0.3, -0.25) is 9.78 Å². The molecule has 0 spiro atoms. The van der Waals surface area contributed by atoms with Gasteiger partial charge in [-0.05, 0) is 19.1 Å². The number of Topliss-reactive ketones (excluding diaryl/α,β-unsaturated/α-hetero) is 1. The average Bonchev–Trinajstić information content (AvgIpc) is 2.79. The number of carbonyl (C=O) groups is 1. The smallest absolute Gasteiger partial charge is 0.180 e. The van der Waals surface area contributed by atoms with E-state index in [0.717, 1.165) is 17.4 Å². The van der Waals surface area contributed by atoms with E-state index < -0.39 is 0 Å². The fourth-order valence-corrected chi connectivity index (χ4v) is 2.62. The summed E-state index contributed by atoms with van der Waals surface area (Å²) in [5, 5.41) is 2.30. The van der Waals surface area contributed by atoms with Crippen LogP contribution in [-0.4, -0.2) is 15.3 Å². The molecule has 0 aliphatic rings. The van der Waals surface area contributed by atoms with Crippen molar-refractivity contribution in [2.75, 3.05) is 0 Å². The summed E-state index contributed by atoms with van der Waals surface area (Å²) in [6.07, 6.45) is 2.31. The van der Waals surface area contributed by atoms with E-state index in [9.17, 15) is 4.79 Å². The molecule has 19 heavy (non-hydrogen) atoms. The SMILES string of the molecule is CCC(=O)c1cc2c3ccccc3n(CC)c2cn1. The number of nitrogens with zero attached hydrogens (tertiary/aromatic N) is 2. The highest BCUT2D eigenvalue weighted by Crippen LogP contribution is 2.28. The Kier molecular flexibility index (Phi) is 2.82. The lowest BCUT2D eigenvalue weighted by Gasteiger charge is -2.02. The predicted molar refractivity (Wildman–Crippen MR) is 77.5 cm³/mol. The summed E-state index contributed by atoms with van der Waals surface area (Å²) in [6, 6.07) is 10.2. The first kappa shape index (κ1) is 11.9. The minimum absolute atomic E-state index is 0.0928. The standard InChI is InChI=1S/C16H16N2O/c1-3-16(19)13-9-12-11-7-5-6-8-14(11)18(4-2)15(12)10-17-13/h5-10H,3-4H2,1-2H3. The van der Waals surface area contributed by atoms with Crippen molar-refractivity contribution in [3.63, 3.8) is 0 Å². The molecular formula is C16H16N2O. The van der Waals surface area contributed by atoms with Crippen molar-refractivity contribution < 1.29 is 4.79 Å². The van der Waals surface area contributed by atoms with Gasteiger partial charge < -0.3 is 4.57 Å². The molecule has 0 saturated heterocycles. The number of carbonyl (C=O) groups excluding carboxylic acids is 1. The van der Waals surface area contributed by atoms with Crippen LogP contribution < -0.4 is 0 Å². The first-order valence-electron chi connectivity index (χ1n) is 6.66. The number of hydrogen-bond acceptors (Lipinski definition) is 2. The zero-order valence-electron chi connectivity index (χ0n) is 11.2. The summed E-state index contributed by atoms with van der Waals surface area (Å²) < 4.78 is 2.23. The Labute approximate surface area is 111 Å². The van der Waals surface area contributed by atoms with E-state index in [1.165, 1.54) is 10.9 Å². The Morgan fingerprint density at radius 3 is 2.68 bits per heavy atom. The van der Waals surface area contributed by atoms with Crippen LogP contribution in [0.1, 0.15) is 30.8 Å². The Bertz CT molecular complexity index is 771. The molecule has 2 aromatic heterocycles. The van der Waals surface area contributed by atoms with Crippen LogP contribution in [0.25, 0.3) is 21.8 Å². The molecule has 0 radical (unpaired) electrons. The number of rotatable bonds is 3. The third kappa shape index (κ3) is 1.73. The number of para-hydroxylation sites is 1. The van der Waals surface area contributed by atoms with E-state index in [1.54, 1.807) is 0 Å². The number of aromatic nitrogens is 2. The largest absolute Gasteiger partial charge is 0.339 e. The van der Waals surface area contributed by atoms with Gasteiger partial charge in [0.05, 0.1) is 11.7 Å². The maximum absolute atomic E-state index is 11.8. The second-order valence-corrected chi connectivity index (χ2v) is 4.62. The first-order chi connectivity index (χ1) is 9.26. The molecule has 0 amide bonds. The molecule has 0 bridgehead atoms. The molecule has 0 unspecified atom stereocenters. The van der Waals surface area contributed by atoms with Gasteiger partial charge >= 0.3 is 0 Å². The molecule has 0 N–H and O–H groups in total. The van der Waals surface area contributed by atoms with Crippen LogP contribution in [0.15, 0.2) is 36.5 Å². The van der Waals surface area contributed by atoms with E-state index in [-0.39, 0.29) is 5.78 Å². The first-order valence-corrected chi connectivity index (χ1v) is 6.66. The van der Waals surface area contributed by atoms with Crippen molar-refractivity contribution in [2.45, 2.75) is 26.8 Å². The highest BCUT2D eigenvalue weighted by molar-refractivity contribution is 6.10. The molecule has 0 aliphatic heterocycles. The Hall–Kier alpha value is -2.16. The van der Waals surface area contributed by atoms with Gasteiger partial charge in [0.1, 0.15) is 5.69 Å². The number of ketones is 1. The van der Waals surface area contributed by atoms with E-state index in [1.807, 2.05) is 31.3 Å². The van der Waals surface area contributed by atoms with Gasteiger partial charge in [-0.15, -0.1) is 0 Å². The Morgan fingerprint density at radius 1 is 1.16 bits per heavy atom. The fraction of sp³-hybridized carbons (Fsp3) is 0.250. The molecule has 0 atom stereocenters. The molecule has 0 aliphatic carbocycles. The number of pyridine rings is 1. The molecule has 2 heterocycles. The Balaban J connectivity index is 2.39. The summed E-state index contributed by atoms with van der Waals surface area (Å²) in [4.78, 5) is 16.1. The molecular weight excluding hydrogens is 236 g/mol. The van der Waals surface area contributed by atoms with Gasteiger partial charge in [0, 0.05) is 29.3 Å². The van der Waals surface area contributed by atoms with Crippen molar-refractivity contribution in [3.05, 3.63) is 42.2 Å². The maximum Gasteiger partial charge on any atom is 0.180 e. The van der Waals surface area contributed by atoms with Gasteiger partial charge in [0.25, 0.3) is 0 Å². The Morgan fingerprint density at radius 2 is 1.95 bits per heavy atom. The zero-order valence-corrected chi connectivity index (χ0v) is 11.2. The second kappa shape index (κ2) is 4.50. The maximum atomic E-state index is 11.8. The van der Waals surface area contributed by atoms with Crippen LogP contribution in [-0.2, 0) is 6.54 Å². The summed E-state index contributed by atoms with van der Waals surface area (Å²) in [5.41, 5.74) is 2.85. The van der Waals surface area contributed by atoms with Gasteiger partial charge in [-0.25, -0.2) is 0 Å². The lowest BCUT2D eigenvalue weighted by Crippen LogP contribution is -2.00. The zero-order chi connectivity index (χ0) is 13.4. The number of aryl methyl sites for hydroxylation is 1. The van der Waals surface area contributed by atoms with Crippen molar-refractivity contribution in [3.8, 4) is 0 Å². The number of fused-ring (bicyclic) bond motifs is 3. The van der Waals surface area contributed by atoms with Crippen LogP contribution in [0.4, 0.5) is 0 Å². The van der Waals surface area contributed by atoms with Crippen molar-refractivity contribution >= 4 is 27.6 Å². The van der Waals surface area contributed by atoms with Gasteiger partial charge in [-0.2, -0.15) is 0 Å². The monoisotopic (exact) mass is 252 g/mol. The van der Waals surface area contributed by atoms with Crippen LogP contribution in [0.3, 0.4) is 0 Å². The van der Waals surface area contributed by atoms with Gasteiger partial charge in [0.15, 0.2) is 5.78 Å². The van der Waals surface area contributed by atoms with Crippen LogP contribution >= 0.6 is 0 Å². The third-order valence-electron chi connectivity index (χ3n) is 3.58. The van der Waals surface area contributed by atoms with Crippen molar-refractivity contribution in [1.29, 1.82) is 0 Å². The molecule has 3 nitrogen and oxygen atoms in total. The molecule has 0 fully saturated rings. The van der Waals surface area contributed by atoms with Gasteiger partial charge in [0.2, 0.25) is 0 Å². The quantitative estimate of drug-likeness (QED) is 0.664. The lowest BCUT2D eigenvalue weighted by atomic mass is 10.1. The van der Waals surface area contributed by atoms with E-state index in [0.29, 0.717) is 12.1 Å². The van der Waals surface area contributed by atoms with Gasteiger partial charge in [-0.1, -0.05) is 25.1 Å². The van der Waals surface area contributed by atoms with Crippen LogP contribution in [0, 0.1) is 0 Å². The number of benzene rings is 1. The molecule has 3 heteroatoms. The van der Waals surface area contributed by atoms with Crippen LogP contribution in [0.5, 0.6) is 0 Å². The predicted octanol–water partition coefficient (Wildman–Crippen LogP) is 3.80. The summed E-state index contributed by atoms with van der Waals surface area (Å²) in [7, 11) is 0. The van der Waals surface area contributed by atoms with E-state index >= 15 is 0 Å². The molecule has 0 saturated carbocycles. The minimum atomic E-state index is 0.0928. The minimum Gasteiger partial charge on any atom is -0.339 e. The second-order valence-electron chi connectivity index (χ2n) is 4.62. The average molecular weight is 252 g/mol. The van der Waals surface area contributed by atoms with Crippen molar-refractivity contribution in [1.82, 2.24) is 9.55 Å². The molecule has 3 rings (SSSR count). The third-order valence-corrected chi connectivity index (χ3v) is 3.58. The summed E-state index contributed by atoms with van der Waals surface area (Å²) in [5.74, 6) is 0.0928. The summed E-state index contributed by atoms with van der Waals surface area (Å²) in [6.45, 7) is 4.88. The highest BCUT2D eigenvalue weighted by Gasteiger charge is 2.12. The topological polar surface area (TPSA) is 34.9 Å². The van der Waals surface area contributed by atoms with E-state index in [4.69, 9.17) is 0 Å². The van der Waals surface area contributed by atoms with E-state index in [2.05, 4.69) is 28.6 Å².